The molecule has 0 bridgehead atoms. The SMILES string of the molecule is Cn1c(Nc2cccc(C(F)(F)F)c2)nc2cc(Oc3ccnc(-c4nc5ccc(Br)cc5[nH]4)c3)ccc21. The molecule has 0 fully saturated rings. The molecule has 6 rings (SSSR count). The standard InChI is InChI=1S/C27H18BrF3N6O/c1-37-24-8-6-18(13-22(24)36-26(37)33-17-4-2-3-15(11-17)27(29,30)31)38-19-9-10-32-23(14-19)25-34-20-7-5-16(28)12-21(20)35-25/h2-14H,1H3,(H,33,36)(H,34,35). The van der Waals surface area contributed by atoms with Gasteiger partial charge in [-0.1, -0.05) is 22.0 Å². The Morgan fingerprint density at radius 1 is 0.921 bits per heavy atom. The van der Waals surface area contributed by atoms with Gasteiger partial charge in [0.15, 0.2) is 5.82 Å². The third kappa shape index (κ3) is 4.68. The van der Waals surface area contributed by atoms with Gasteiger partial charge in [-0.25, -0.2) is 9.97 Å². The Balaban J connectivity index is 1.25. The summed E-state index contributed by atoms with van der Waals surface area (Å²) in [6.45, 7) is 0. The van der Waals surface area contributed by atoms with Crippen LogP contribution >= 0.6 is 15.9 Å². The van der Waals surface area contributed by atoms with E-state index >= 15 is 0 Å². The van der Waals surface area contributed by atoms with Crippen LogP contribution in [0.1, 0.15) is 5.56 Å². The van der Waals surface area contributed by atoms with Gasteiger partial charge in [0.2, 0.25) is 5.95 Å². The van der Waals surface area contributed by atoms with Gasteiger partial charge in [-0.05, 0) is 54.6 Å². The number of aromatic amines is 1. The predicted molar refractivity (Wildman–Crippen MR) is 143 cm³/mol. The van der Waals surface area contributed by atoms with Crippen LogP contribution in [0.4, 0.5) is 24.8 Å². The summed E-state index contributed by atoms with van der Waals surface area (Å²) in [4.78, 5) is 16.8. The van der Waals surface area contributed by atoms with Crippen molar-refractivity contribution in [2.75, 3.05) is 5.32 Å². The number of halogens is 4. The number of hydrogen-bond acceptors (Lipinski definition) is 5. The molecule has 11 heteroatoms. The Morgan fingerprint density at radius 2 is 1.76 bits per heavy atom. The monoisotopic (exact) mass is 578 g/mol. The molecular formula is C27H18BrF3N6O. The summed E-state index contributed by atoms with van der Waals surface area (Å²) in [6, 6.07) is 19.7. The lowest BCUT2D eigenvalue weighted by atomic mass is 10.2. The topological polar surface area (TPSA) is 80.7 Å². The molecular weight excluding hydrogens is 561 g/mol. The second-order valence-electron chi connectivity index (χ2n) is 8.57. The molecule has 190 valence electrons. The summed E-state index contributed by atoms with van der Waals surface area (Å²) in [5.74, 6) is 2.13. The molecule has 3 aromatic carbocycles. The zero-order valence-electron chi connectivity index (χ0n) is 19.7. The Bertz CT molecular complexity index is 1810. The van der Waals surface area contributed by atoms with Gasteiger partial charge >= 0.3 is 6.18 Å². The molecule has 2 N–H and O–H groups in total. The summed E-state index contributed by atoms with van der Waals surface area (Å²) in [5, 5.41) is 2.97. The normalized spacial score (nSPS) is 11.8. The summed E-state index contributed by atoms with van der Waals surface area (Å²) >= 11 is 3.46. The fraction of sp³-hybridized carbons (Fsp3) is 0.0741. The van der Waals surface area contributed by atoms with E-state index in [0.717, 1.165) is 33.2 Å². The minimum absolute atomic E-state index is 0.289. The number of aryl methyl sites for hydroxylation is 1. The number of nitrogens with one attached hydrogen (secondary N) is 2. The summed E-state index contributed by atoms with van der Waals surface area (Å²) in [7, 11) is 1.78. The Morgan fingerprint density at radius 3 is 2.61 bits per heavy atom. The number of ether oxygens (including phenoxy) is 1. The average Bonchev–Trinajstić information content (AvgIpc) is 3.44. The van der Waals surface area contributed by atoms with Crippen molar-refractivity contribution < 1.29 is 17.9 Å². The summed E-state index contributed by atoms with van der Waals surface area (Å²) < 4.78 is 48.1. The first kappa shape index (κ1) is 24.0. The number of rotatable bonds is 5. The zero-order valence-corrected chi connectivity index (χ0v) is 21.3. The molecule has 38 heavy (non-hydrogen) atoms. The molecule has 3 aromatic heterocycles. The van der Waals surface area contributed by atoms with Gasteiger partial charge in [0.1, 0.15) is 17.2 Å². The molecule has 0 aliphatic carbocycles. The number of hydrogen-bond donors (Lipinski definition) is 2. The Labute approximate surface area is 222 Å². The zero-order chi connectivity index (χ0) is 26.4. The number of nitrogens with zero attached hydrogens (tertiary/aromatic N) is 4. The van der Waals surface area contributed by atoms with E-state index in [-0.39, 0.29) is 5.69 Å². The molecule has 3 heterocycles. The number of alkyl halides is 3. The number of benzene rings is 3. The lowest BCUT2D eigenvalue weighted by Gasteiger charge is -2.10. The molecule has 0 atom stereocenters. The number of pyridine rings is 1. The molecule has 0 aliphatic heterocycles. The van der Waals surface area contributed by atoms with Gasteiger partial charge in [-0.15, -0.1) is 0 Å². The molecule has 6 aromatic rings. The molecule has 0 unspecified atom stereocenters. The van der Waals surface area contributed by atoms with Crippen LogP contribution in [0.15, 0.2) is 83.5 Å². The van der Waals surface area contributed by atoms with Crippen LogP contribution in [0.3, 0.4) is 0 Å². The van der Waals surface area contributed by atoms with E-state index in [0.29, 0.717) is 34.5 Å². The van der Waals surface area contributed by atoms with Gasteiger partial charge in [-0.2, -0.15) is 13.2 Å². The minimum atomic E-state index is -4.43. The van der Waals surface area contributed by atoms with E-state index < -0.39 is 11.7 Å². The largest absolute Gasteiger partial charge is 0.457 e. The van der Waals surface area contributed by atoms with E-state index in [1.165, 1.54) is 6.07 Å². The average molecular weight is 579 g/mol. The van der Waals surface area contributed by atoms with Crippen molar-refractivity contribution in [3.05, 3.63) is 89.0 Å². The maximum absolute atomic E-state index is 13.1. The molecule has 0 radical (unpaired) electrons. The van der Waals surface area contributed by atoms with E-state index in [1.54, 1.807) is 48.1 Å². The van der Waals surface area contributed by atoms with Crippen molar-refractivity contribution in [2.45, 2.75) is 6.18 Å². The highest BCUT2D eigenvalue weighted by Gasteiger charge is 2.30. The number of anilines is 2. The molecule has 0 amide bonds. The van der Waals surface area contributed by atoms with Crippen LogP contribution < -0.4 is 10.1 Å². The first-order valence-electron chi connectivity index (χ1n) is 11.4. The van der Waals surface area contributed by atoms with Crippen molar-refractivity contribution in [1.29, 1.82) is 0 Å². The molecule has 7 nitrogen and oxygen atoms in total. The molecule has 0 spiro atoms. The van der Waals surface area contributed by atoms with Crippen molar-refractivity contribution in [2.24, 2.45) is 7.05 Å². The van der Waals surface area contributed by atoms with Gasteiger partial charge in [0.05, 0.1) is 27.6 Å². The van der Waals surface area contributed by atoms with E-state index in [1.807, 2.05) is 24.3 Å². The molecule has 0 saturated carbocycles. The van der Waals surface area contributed by atoms with E-state index in [4.69, 9.17) is 4.74 Å². The lowest BCUT2D eigenvalue weighted by molar-refractivity contribution is -0.137. The second-order valence-corrected chi connectivity index (χ2v) is 9.49. The number of H-pyrrole nitrogens is 1. The quantitative estimate of drug-likeness (QED) is 0.218. The maximum Gasteiger partial charge on any atom is 0.416 e. The van der Waals surface area contributed by atoms with E-state index in [9.17, 15) is 13.2 Å². The van der Waals surface area contributed by atoms with Crippen LogP contribution in [0.2, 0.25) is 0 Å². The van der Waals surface area contributed by atoms with Gasteiger partial charge in [0.25, 0.3) is 0 Å². The number of aromatic nitrogens is 5. The highest BCUT2D eigenvalue weighted by Crippen LogP contribution is 2.33. The Hall–Kier alpha value is -4.38. The van der Waals surface area contributed by atoms with Crippen molar-refractivity contribution >= 4 is 49.6 Å². The van der Waals surface area contributed by atoms with Crippen LogP contribution in [0.5, 0.6) is 11.5 Å². The van der Waals surface area contributed by atoms with Crippen molar-refractivity contribution in [1.82, 2.24) is 24.5 Å². The minimum Gasteiger partial charge on any atom is -0.457 e. The smallest absolute Gasteiger partial charge is 0.416 e. The van der Waals surface area contributed by atoms with Crippen LogP contribution in [0, 0.1) is 0 Å². The van der Waals surface area contributed by atoms with Crippen LogP contribution in [-0.2, 0) is 13.2 Å². The third-order valence-corrected chi connectivity index (χ3v) is 6.45. The summed E-state index contributed by atoms with van der Waals surface area (Å²) in [6.07, 6.45) is -2.78. The second kappa shape index (κ2) is 9.18. The highest BCUT2D eigenvalue weighted by molar-refractivity contribution is 9.10. The first-order chi connectivity index (χ1) is 18.2. The number of imidazole rings is 2. The first-order valence-corrected chi connectivity index (χ1v) is 12.2. The highest BCUT2D eigenvalue weighted by atomic mass is 79.9. The number of fused-ring (bicyclic) bond motifs is 2. The maximum atomic E-state index is 13.1. The van der Waals surface area contributed by atoms with Crippen molar-refractivity contribution in [3.63, 3.8) is 0 Å². The predicted octanol–water partition coefficient (Wildman–Crippen LogP) is 7.83. The molecule has 0 aliphatic rings. The van der Waals surface area contributed by atoms with Crippen LogP contribution in [-0.4, -0.2) is 24.5 Å². The van der Waals surface area contributed by atoms with Gasteiger partial charge < -0.3 is 19.6 Å². The third-order valence-electron chi connectivity index (χ3n) is 5.95. The van der Waals surface area contributed by atoms with Gasteiger partial charge in [-0.3, -0.25) is 4.98 Å². The van der Waals surface area contributed by atoms with E-state index in [2.05, 4.69) is 41.2 Å². The fourth-order valence-corrected chi connectivity index (χ4v) is 4.46. The Kier molecular flexibility index (Phi) is 5.79. The van der Waals surface area contributed by atoms with Crippen LogP contribution in [0.25, 0.3) is 33.6 Å². The fourth-order valence-electron chi connectivity index (χ4n) is 4.10. The molecule has 0 saturated heterocycles. The van der Waals surface area contributed by atoms with Gasteiger partial charge in [0, 0.05) is 35.5 Å². The summed E-state index contributed by atoms with van der Waals surface area (Å²) in [5.41, 5.74) is 3.30. The lowest BCUT2D eigenvalue weighted by Crippen LogP contribution is -2.06. The van der Waals surface area contributed by atoms with Crippen molar-refractivity contribution in [3.8, 4) is 23.0 Å².